The van der Waals surface area contributed by atoms with Crippen molar-refractivity contribution in [1.82, 2.24) is 0 Å². The number of halogens is 1. The Morgan fingerprint density at radius 1 is 1.54 bits per heavy atom. The molecule has 13 heavy (non-hydrogen) atoms. The highest BCUT2D eigenvalue weighted by Gasteiger charge is 2.52. The molecule has 4 heteroatoms. The standard InChI is InChI=1S/C9H18FNO2/c1-6(10)9(5-11,7(12)13)8(2,3)4/h6H,5,11H2,1-4H3,(H,12,13). The maximum atomic E-state index is 13.3. The third-order valence-corrected chi connectivity index (χ3v) is 2.72. The lowest BCUT2D eigenvalue weighted by atomic mass is 9.64. The number of carbonyl (C=O) groups is 1. The van der Waals surface area contributed by atoms with Gasteiger partial charge < -0.3 is 10.8 Å². The highest BCUT2D eigenvalue weighted by molar-refractivity contribution is 5.76. The zero-order valence-corrected chi connectivity index (χ0v) is 8.60. The van der Waals surface area contributed by atoms with Gasteiger partial charge in [-0.15, -0.1) is 0 Å². The van der Waals surface area contributed by atoms with E-state index in [9.17, 15) is 9.18 Å². The van der Waals surface area contributed by atoms with Gasteiger partial charge in [0.15, 0.2) is 0 Å². The normalized spacial score (nSPS) is 19.2. The number of aliphatic carboxylic acids is 1. The van der Waals surface area contributed by atoms with Crippen molar-refractivity contribution in [3.05, 3.63) is 0 Å². The number of carboxylic acids is 1. The summed E-state index contributed by atoms with van der Waals surface area (Å²) in [6, 6.07) is 0. The van der Waals surface area contributed by atoms with E-state index in [-0.39, 0.29) is 6.54 Å². The van der Waals surface area contributed by atoms with Crippen molar-refractivity contribution >= 4 is 5.97 Å². The summed E-state index contributed by atoms with van der Waals surface area (Å²) in [6.07, 6.45) is -1.46. The minimum Gasteiger partial charge on any atom is -0.481 e. The van der Waals surface area contributed by atoms with Crippen LogP contribution in [0.5, 0.6) is 0 Å². The first-order valence-corrected chi connectivity index (χ1v) is 4.27. The molecular formula is C9H18FNO2. The summed E-state index contributed by atoms with van der Waals surface area (Å²) in [5.74, 6) is -1.17. The van der Waals surface area contributed by atoms with Crippen molar-refractivity contribution < 1.29 is 14.3 Å². The molecule has 0 radical (unpaired) electrons. The molecule has 0 spiro atoms. The van der Waals surface area contributed by atoms with E-state index in [1.807, 2.05) is 0 Å². The summed E-state index contributed by atoms with van der Waals surface area (Å²) < 4.78 is 13.3. The van der Waals surface area contributed by atoms with Crippen LogP contribution in [0.25, 0.3) is 0 Å². The van der Waals surface area contributed by atoms with E-state index >= 15 is 0 Å². The third kappa shape index (κ3) is 1.82. The van der Waals surface area contributed by atoms with Crippen molar-refractivity contribution in [2.75, 3.05) is 6.54 Å². The lowest BCUT2D eigenvalue weighted by Crippen LogP contribution is -2.54. The zero-order chi connectivity index (χ0) is 10.9. The molecule has 0 saturated carbocycles. The van der Waals surface area contributed by atoms with Crippen LogP contribution < -0.4 is 5.73 Å². The van der Waals surface area contributed by atoms with E-state index in [4.69, 9.17) is 10.8 Å². The summed E-state index contributed by atoms with van der Waals surface area (Å²) in [5.41, 5.74) is 3.19. The number of carboxylic acid groups (broad SMARTS) is 1. The van der Waals surface area contributed by atoms with Gasteiger partial charge in [0.1, 0.15) is 11.6 Å². The first kappa shape index (κ1) is 12.4. The summed E-state index contributed by atoms with van der Waals surface area (Å²) in [5, 5.41) is 9.01. The van der Waals surface area contributed by atoms with Crippen molar-refractivity contribution in [1.29, 1.82) is 0 Å². The van der Waals surface area contributed by atoms with Crippen molar-refractivity contribution in [2.24, 2.45) is 16.6 Å². The predicted molar refractivity (Wildman–Crippen MR) is 49.1 cm³/mol. The van der Waals surface area contributed by atoms with Crippen LogP contribution in [-0.2, 0) is 4.79 Å². The molecule has 2 atom stereocenters. The van der Waals surface area contributed by atoms with Crippen LogP contribution in [0.4, 0.5) is 4.39 Å². The van der Waals surface area contributed by atoms with Crippen LogP contribution in [-0.4, -0.2) is 23.8 Å². The highest BCUT2D eigenvalue weighted by Crippen LogP contribution is 2.42. The maximum absolute atomic E-state index is 13.3. The summed E-state index contributed by atoms with van der Waals surface area (Å²) in [4.78, 5) is 11.0. The quantitative estimate of drug-likeness (QED) is 0.709. The minimum atomic E-state index is -1.49. The van der Waals surface area contributed by atoms with E-state index in [0.717, 1.165) is 0 Å². The second-order valence-electron chi connectivity index (χ2n) is 4.35. The fourth-order valence-electron chi connectivity index (χ4n) is 1.64. The largest absolute Gasteiger partial charge is 0.481 e. The molecule has 0 heterocycles. The van der Waals surface area contributed by atoms with Gasteiger partial charge in [-0.3, -0.25) is 4.79 Å². The Morgan fingerprint density at radius 3 is 1.92 bits per heavy atom. The van der Waals surface area contributed by atoms with Gasteiger partial charge in [-0.05, 0) is 12.3 Å². The molecule has 0 amide bonds. The van der Waals surface area contributed by atoms with Crippen LogP contribution >= 0.6 is 0 Å². The van der Waals surface area contributed by atoms with Gasteiger partial charge in [-0.2, -0.15) is 0 Å². The van der Waals surface area contributed by atoms with Gasteiger partial charge >= 0.3 is 5.97 Å². The fraction of sp³-hybridized carbons (Fsp3) is 0.889. The smallest absolute Gasteiger partial charge is 0.314 e. The van der Waals surface area contributed by atoms with E-state index < -0.39 is 23.0 Å². The molecule has 0 aromatic heterocycles. The third-order valence-electron chi connectivity index (χ3n) is 2.72. The first-order chi connectivity index (χ1) is 5.70. The molecule has 3 N–H and O–H groups in total. The Bertz CT molecular complexity index is 198. The predicted octanol–water partition coefficient (Wildman–Crippen LogP) is 1.42. The summed E-state index contributed by atoms with van der Waals surface area (Å²) >= 11 is 0. The van der Waals surface area contributed by atoms with Gasteiger partial charge in [0.05, 0.1) is 0 Å². The van der Waals surface area contributed by atoms with E-state index in [1.54, 1.807) is 20.8 Å². The number of alkyl halides is 1. The van der Waals surface area contributed by atoms with Crippen LogP contribution in [0.3, 0.4) is 0 Å². The van der Waals surface area contributed by atoms with Crippen LogP contribution in [0.1, 0.15) is 27.7 Å². The first-order valence-electron chi connectivity index (χ1n) is 4.27. The number of nitrogens with two attached hydrogens (primary N) is 1. The second-order valence-corrected chi connectivity index (χ2v) is 4.35. The van der Waals surface area contributed by atoms with Crippen molar-refractivity contribution in [3.8, 4) is 0 Å². The average molecular weight is 191 g/mol. The van der Waals surface area contributed by atoms with Gasteiger partial charge in [0.25, 0.3) is 0 Å². The zero-order valence-electron chi connectivity index (χ0n) is 8.60. The molecule has 0 aromatic carbocycles. The Morgan fingerprint density at radius 2 is 1.92 bits per heavy atom. The van der Waals surface area contributed by atoms with Crippen LogP contribution in [0.2, 0.25) is 0 Å². The van der Waals surface area contributed by atoms with Crippen LogP contribution in [0.15, 0.2) is 0 Å². The van der Waals surface area contributed by atoms with Gasteiger partial charge in [0, 0.05) is 6.54 Å². The Labute approximate surface area is 78.1 Å². The Balaban J connectivity index is 5.25. The fourth-order valence-corrected chi connectivity index (χ4v) is 1.64. The van der Waals surface area contributed by atoms with Gasteiger partial charge in [-0.25, -0.2) is 4.39 Å². The second kappa shape index (κ2) is 3.62. The average Bonchev–Trinajstić information content (AvgIpc) is 1.83. The molecule has 0 aliphatic carbocycles. The lowest BCUT2D eigenvalue weighted by Gasteiger charge is -2.41. The minimum absolute atomic E-state index is 0.191. The molecule has 3 nitrogen and oxygen atoms in total. The van der Waals surface area contributed by atoms with Crippen molar-refractivity contribution in [3.63, 3.8) is 0 Å². The topological polar surface area (TPSA) is 63.3 Å². The SMILES string of the molecule is CC(F)C(CN)(C(=O)O)C(C)(C)C. The van der Waals surface area contributed by atoms with E-state index in [1.165, 1.54) is 6.92 Å². The number of rotatable bonds is 3. The summed E-state index contributed by atoms with van der Waals surface area (Å²) in [7, 11) is 0. The molecule has 78 valence electrons. The molecule has 0 aromatic rings. The maximum Gasteiger partial charge on any atom is 0.314 e. The number of hydrogen-bond acceptors (Lipinski definition) is 2. The van der Waals surface area contributed by atoms with Crippen molar-refractivity contribution in [2.45, 2.75) is 33.9 Å². The molecule has 0 saturated heterocycles. The molecule has 0 fully saturated rings. The molecule has 0 bridgehead atoms. The monoisotopic (exact) mass is 191 g/mol. The van der Waals surface area contributed by atoms with E-state index in [2.05, 4.69) is 0 Å². The van der Waals surface area contributed by atoms with Crippen LogP contribution in [0, 0.1) is 10.8 Å². The Hall–Kier alpha value is -0.640. The number of hydrogen-bond donors (Lipinski definition) is 2. The Kier molecular flexibility index (Phi) is 3.44. The molecular weight excluding hydrogens is 173 g/mol. The molecule has 0 aliphatic heterocycles. The lowest BCUT2D eigenvalue weighted by molar-refractivity contribution is -0.161. The highest BCUT2D eigenvalue weighted by atomic mass is 19.1. The van der Waals surface area contributed by atoms with Gasteiger partial charge in [0.2, 0.25) is 0 Å². The molecule has 2 unspecified atom stereocenters. The van der Waals surface area contributed by atoms with E-state index in [0.29, 0.717) is 0 Å². The molecule has 0 rings (SSSR count). The molecule has 0 aliphatic rings. The summed E-state index contributed by atoms with van der Waals surface area (Å²) in [6.45, 7) is 6.11. The van der Waals surface area contributed by atoms with Gasteiger partial charge in [-0.1, -0.05) is 20.8 Å².